The average molecular weight is 249 g/mol. The first-order chi connectivity index (χ1) is 8.81. The van der Waals surface area contributed by atoms with Gasteiger partial charge in [0.05, 0.1) is 13.2 Å². The van der Waals surface area contributed by atoms with Gasteiger partial charge < -0.3 is 14.8 Å². The highest BCUT2D eigenvalue weighted by molar-refractivity contribution is 5.35. The van der Waals surface area contributed by atoms with Gasteiger partial charge in [-0.25, -0.2) is 0 Å². The van der Waals surface area contributed by atoms with Crippen molar-refractivity contribution in [1.29, 1.82) is 0 Å². The zero-order valence-electron chi connectivity index (χ0n) is 11.3. The summed E-state index contributed by atoms with van der Waals surface area (Å²) in [6, 6.07) is 8.57. The third-order valence-corrected chi connectivity index (χ3v) is 3.42. The number of rotatable bonds is 6. The van der Waals surface area contributed by atoms with E-state index < -0.39 is 0 Å². The summed E-state index contributed by atoms with van der Waals surface area (Å²) in [5, 5.41) is 3.58. The van der Waals surface area contributed by atoms with E-state index in [1.54, 1.807) is 0 Å². The molecule has 1 fully saturated rings. The van der Waals surface area contributed by atoms with Crippen LogP contribution in [-0.4, -0.2) is 26.4 Å². The standard InChI is InChI=1S/C15H23NO2/c1-3-18-15-7-5-4-6-14(15)12(2)16-10-13-8-9-17-11-13/h4-7,12-13,16H,3,8-11H2,1-2H3. The van der Waals surface area contributed by atoms with Gasteiger partial charge in [0.2, 0.25) is 0 Å². The molecule has 3 nitrogen and oxygen atoms in total. The van der Waals surface area contributed by atoms with E-state index in [-0.39, 0.29) is 0 Å². The van der Waals surface area contributed by atoms with Crippen molar-refractivity contribution < 1.29 is 9.47 Å². The summed E-state index contributed by atoms with van der Waals surface area (Å²) in [5.74, 6) is 1.65. The van der Waals surface area contributed by atoms with Gasteiger partial charge in [-0.15, -0.1) is 0 Å². The Morgan fingerprint density at radius 3 is 3.00 bits per heavy atom. The molecule has 0 aliphatic carbocycles. The van der Waals surface area contributed by atoms with Gasteiger partial charge >= 0.3 is 0 Å². The highest BCUT2D eigenvalue weighted by Gasteiger charge is 2.17. The molecule has 1 heterocycles. The van der Waals surface area contributed by atoms with E-state index in [4.69, 9.17) is 9.47 Å². The van der Waals surface area contributed by atoms with Crippen molar-refractivity contribution >= 4 is 0 Å². The van der Waals surface area contributed by atoms with Crippen LogP contribution in [0.4, 0.5) is 0 Å². The number of benzene rings is 1. The van der Waals surface area contributed by atoms with E-state index in [1.807, 2.05) is 19.1 Å². The van der Waals surface area contributed by atoms with Crippen molar-refractivity contribution in [3.63, 3.8) is 0 Å². The first kappa shape index (κ1) is 13.4. The molecule has 0 radical (unpaired) electrons. The molecule has 0 saturated carbocycles. The maximum atomic E-state index is 5.67. The summed E-state index contributed by atoms with van der Waals surface area (Å²) in [6.07, 6.45) is 1.17. The Morgan fingerprint density at radius 2 is 2.28 bits per heavy atom. The summed E-state index contributed by atoms with van der Waals surface area (Å²) < 4.78 is 11.1. The van der Waals surface area contributed by atoms with E-state index in [9.17, 15) is 0 Å². The van der Waals surface area contributed by atoms with Crippen molar-refractivity contribution in [3.05, 3.63) is 29.8 Å². The van der Waals surface area contributed by atoms with E-state index >= 15 is 0 Å². The van der Waals surface area contributed by atoms with Crippen LogP contribution in [0.1, 0.15) is 31.9 Å². The second-order valence-corrected chi connectivity index (χ2v) is 4.83. The number of nitrogens with one attached hydrogen (secondary N) is 1. The Bertz CT molecular complexity index is 361. The Labute approximate surface area is 109 Å². The molecule has 2 rings (SSSR count). The van der Waals surface area contributed by atoms with Crippen LogP contribution in [-0.2, 0) is 4.74 Å². The third kappa shape index (κ3) is 3.47. The molecular weight excluding hydrogens is 226 g/mol. The molecule has 2 unspecified atom stereocenters. The molecule has 2 atom stereocenters. The topological polar surface area (TPSA) is 30.5 Å². The summed E-state index contributed by atoms with van der Waals surface area (Å²) in [7, 11) is 0. The van der Waals surface area contributed by atoms with Crippen molar-refractivity contribution in [3.8, 4) is 5.75 Å². The Morgan fingerprint density at radius 1 is 1.44 bits per heavy atom. The summed E-state index contributed by atoms with van der Waals surface area (Å²) in [4.78, 5) is 0. The Kier molecular flexibility index (Phi) is 5.02. The molecule has 1 aliphatic heterocycles. The Balaban J connectivity index is 1.92. The average Bonchev–Trinajstić information content (AvgIpc) is 2.90. The number of para-hydroxylation sites is 1. The van der Waals surface area contributed by atoms with Gasteiger partial charge in [0.1, 0.15) is 5.75 Å². The van der Waals surface area contributed by atoms with Gasteiger partial charge in [-0.05, 0) is 32.3 Å². The molecule has 1 aromatic rings. The highest BCUT2D eigenvalue weighted by Crippen LogP contribution is 2.25. The normalized spacial score (nSPS) is 20.9. The fourth-order valence-electron chi connectivity index (χ4n) is 2.32. The SMILES string of the molecule is CCOc1ccccc1C(C)NCC1CCOC1. The van der Waals surface area contributed by atoms with E-state index in [0.717, 1.165) is 25.5 Å². The van der Waals surface area contributed by atoms with Crippen LogP contribution < -0.4 is 10.1 Å². The first-order valence-corrected chi connectivity index (χ1v) is 6.84. The largest absolute Gasteiger partial charge is 0.494 e. The van der Waals surface area contributed by atoms with Crippen LogP contribution in [0.5, 0.6) is 5.75 Å². The minimum absolute atomic E-state index is 0.313. The van der Waals surface area contributed by atoms with Crippen molar-refractivity contribution in [1.82, 2.24) is 5.32 Å². The van der Waals surface area contributed by atoms with E-state index in [0.29, 0.717) is 18.6 Å². The molecular formula is C15H23NO2. The minimum atomic E-state index is 0.313. The monoisotopic (exact) mass is 249 g/mol. The molecule has 18 heavy (non-hydrogen) atoms. The minimum Gasteiger partial charge on any atom is -0.494 e. The molecule has 0 bridgehead atoms. The van der Waals surface area contributed by atoms with Crippen molar-refractivity contribution in [2.45, 2.75) is 26.3 Å². The molecule has 0 spiro atoms. The number of ether oxygens (including phenoxy) is 2. The predicted octanol–water partition coefficient (Wildman–Crippen LogP) is 2.77. The molecule has 0 amide bonds. The maximum absolute atomic E-state index is 5.67. The molecule has 3 heteroatoms. The molecule has 1 aliphatic rings. The zero-order chi connectivity index (χ0) is 12.8. The predicted molar refractivity (Wildman–Crippen MR) is 73.0 cm³/mol. The van der Waals surface area contributed by atoms with Gasteiger partial charge in [-0.3, -0.25) is 0 Å². The molecule has 1 aromatic carbocycles. The number of hydrogen-bond donors (Lipinski definition) is 1. The highest BCUT2D eigenvalue weighted by atomic mass is 16.5. The lowest BCUT2D eigenvalue weighted by Crippen LogP contribution is -2.26. The quantitative estimate of drug-likeness (QED) is 0.841. The lowest BCUT2D eigenvalue weighted by atomic mass is 10.1. The summed E-state index contributed by atoms with van der Waals surface area (Å²) in [5.41, 5.74) is 1.23. The van der Waals surface area contributed by atoms with Crippen molar-refractivity contribution in [2.24, 2.45) is 5.92 Å². The van der Waals surface area contributed by atoms with Gasteiger partial charge in [0, 0.05) is 24.8 Å². The van der Waals surface area contributed by atoms with Gasteiger partial charge in [-0.1, -0.05) is 18.2 Å². The second kappa shape index (κ2) is 6.76. The molecule has 1 N–H and O–H groups in total. The third-order valence-electron chi connectivity index (χ3n) is 3.42. The van der Waals surface area contributed by atoms with E-state index in [2.05, 4.69) is 24.4 Å². The molecule has 1 saturated heterocycles. The van der Waals surface area contributed by atoms with Gasteiger partial charge in [-0.2, -0.15) is 0 Å². The van der Waals surface area contributed by atoms with Crippen molar-refractivity contribution in [2.75, 3.05) is 26.4 Å². The number of hydrogen-bond acceptors (Lipinski definition) is 3. The maximum Gasteiger partial charge on any atom is 0.124 e. The lowest BCUT2D eigenvalue weighted by Gasteiger charge is -2.19. The second-order valence-electron chi connectivity index (χ2n) is 4.83. The van der Waals surface area contributed by atoms with Gasteiger partial charge in [0.25, 0.3) is 0 Å². The lowest BCUT2D eigenvalue weighted by molar-refractivity contribution is 0.184. The fraction of sp³-hybridized carbons (Fsp3) is 0.600. The van der Waals surface area contributed by atoms with Crippen LogP contribution in [0.25, 0.3) is 0 Å². The van der Waals surface area contributed by atoms with Crippen LogP contribution in [0.2, 0.25) is 0 Å². The van der Waals surface area contributed by atoms with Crippen LogP contribution in [0.3, 0.4) is 0 Å². The zero-order valence-corrected chi connectivity index (χ0v) is 11.3. The van der Waals surface area contributed by atoms with Crippen LogP contribution in [0.15, 0.2) is 24.3 Å². The van der Waals surface area contributed by atoms with E-state index in [1.165, 1.54) is 12.0 Å². The first-order valence-electron chi connectivity index (χ1n) is 6.84. The van der Waals surface area contributed by atoms with Crippen LogP contribution >= 0.6 is 0 Å². The summed E-state index contributed by atoms with van der Waals surface area (Å²) >= 11 is 0. The van der Waals surface area contributed by atoms with Crippen LogP contribution in [0, 0.1) is 5.92 Å². The molecule has 100 valence electrons. The summed E-state index contributed by atoms with van der Waals surface area (Å²) in [6.45, 7) is 7.74. The smallest absolute Gasteiger partial charge is 0.124 e. The molecule has 0 aromatic heterocycles. The van der Waals surface area contributed by atoms with Gasteiger partial charge in [0.15, 0.2) is 0 Å². The Hall–Kier alpha value is -1.06. The fourth-order valence-corrected chi connectivity index (χ4v) is 2.32.